The van der Waals surface area contributed by atoms with Crippen LogP contribution < -0.4 is 5.32 Å². The van der Waals surface area contributed by atoms with Crippen LogP contribution in [-0.2, 0) is 12.6 Å². The Balaban J connectivity index is 2.01. The summed E-state index contributed by atoms with van der Waals surface area (Å²) in [4.78, 5) is 4.40. The van der Waals surface area contributed by atoms with E-state index >= 15 is 0 Å². The van der Waals surface area contributed by atoms with Gasteiger partial charge in [-0.15, -0.1) is 11.3 Å². The highest BCUT2D eigenvalue weighted by atomic mass is 32.1. The third-order valence-corrected chi connectivity index (χ3v) is 3.61. The molecule has 0 radical (unpaired) electrons. The maximum absolute atomic E-state index is 12.4. The SMILES string of the molecule is CCCCc1csc(Nc2ccc(C(F)(F)F)cc2)n1. The topological polar surface area (TPSA) is 24.9 Å². The van der Waals surface area contributed by atoms with E-state index in [-0.39, 0.29) is 0 Å². The average Bonchev–Trinajstić information content (AvgIpc) is 2.83. The number of nitrogens with zero attached hydrogens (tertiary/aromatic N) is 1. The molecule has 0 aliphatic rings. The summed E-state index contributed by atoms with van der Waals surface area (Å²) in [6.45, 7) is 2.12. The van der Waals surface area contributed by atoms with Gasteiger partial charge in [0.25, 0.3) is 0 Å². The van der Waals surface area contributed by atoms with Crippen LogP contribution in [0.1, 0.15) is 31.0 Å². The Hall–Kier alpha value is -1.56. The van der Waals surface area contributed by atoms with Crippen LogP contribution in [0.25, 0.3) is 0 Å². The molecule has 2 nitrogen and oxygen atoms in total. The summed E-state index contributed by atoms with van der Waals surface area (Å²) < 4.78 is 37.3. The zero-order valence-corrected chi connectivity index (χ0v) is 11.8. The Kier molecular flexibility index (Phi) is 4.65. The molecule has 20 heavy (non-hydrogen) atoms. The highest BCUT2D eigenvalue weighted by Gasteiger charge is 2.29. The van der Waals surface area contributed by atoms with Gasteiger partial charge in [0.2, 0.25) is 0 Å². The lowest BCUT2D eigenvalue weighted by Crippen LogP contribution is -2.04. The van der Waals surface area contributed by atoms with Crippen molar-refractivity contribution < 1.29 is 13.2 Å². The Morgan fingerprint density at radius 1 is 1.20 bits per heavy atom. The molecule has 2 rings (SSSR count). The van der Waals surface area contributed by atoms with E-state index in [1.807, 2.05) is 5.38 Å². The van der Waals surface area contributed by atoms with Gasteiger partial charge < -0.3 is 5.32 Å². The van der Waals surface area contributed by atoms with Gasteiger partial charge in [-0.1, -0.05) is 13.3 Å². The van der Waals surface area contributed by atoms with E-state index in [9.17, 15) is 13.2 Å². The molecule has 1 aromatic heterocycles. The van der Waals surface area contributed by atoms with Crippen molar-refractivity contribution in [3.63, 3.8) is 0 Å². The maximum Gasteiger partial charge on any atom is 0.416 e. The maximum atomic E-state index is 12.4. The first-order chi connectivity index (χ1) is 9.49. The second kappa shape index (κ2) is 6.26. The molecule has 1 N–H and O–H groups in total. The minimum Gasteiger partial charge on any atom is -0.332 e. The number of aryl methyl sites for hydroxylation is 1. The van der Waals surface area contributed by atoms with Crippen LogP contribution in [0.5, 0.6) is 0 Å². The Bertz CT molecular complexity index is 546. The fourth-order valence-electron chi connectivity index (χ4n) is 1.70. The summed E-state index contributed by atoms with van der Waals surface area (Å²) in [6, 6.07) is 4.95. The zero-order chi connectivity index (χ0) is 14.6. The Labute approximate surface area is 119 Å². The van der Waals surface area contributed by atoms with Gasteiger partial charge in [-0.25, -0.2) is 4.98 Å². The van der Waals surface area contributed by atoms with E-state index in [0.717, 1.165) is 37.1 Å². The number of hydrogen-bond acceptors (Lipinski definition) is 3. The molecular weight excluding hydrogens is 285 g/mol. The number of rotatable bonds is 5. The van der Waals surface area contributed by atoms with Crippen molar-refractivity contribution in [1.82, 2.24) is 4.98 Å². The van der Waals surface area contributed by atoms with Gasteiger partial charge in [-0.3, -0.25) is 0 Å². The number of unbranched alkanes of at least 4 members (excludes halogenated alkanes) is 1. The van der Waals surface area contributed by atoms with Crippen molar-refractivity contribution >= 4 is 22.2 Å². The molecule has 0 fully saturated rings. The first kappa shape index (κ1) is 14.8. The molecule has 0 amide bonds. The van der Waals surface area contributed by atoms with Gasteiger partial charge in [0.1, 0.15) is 0 Å². The van der Waals surface area contributed by atoms with Crippen molar-refractivity contribution in [1.29, 1.82) is 0 Å². The largest absolute Gasteiger partial charge is 0.416 e. The number of nitrogens with one attached hydrogen (secondary N) is 1. The zero-order valence-electron chi connectivity index (χ0n) is 11.0. The number of thiazole rings is 1. The summed E-state index contributed by atoms with van der Waals surface area (Å²) in [5.74, 6) is 0. The molecule has 0 aliphatic heterocycles. The summed E-state index contributed by atoms with van der Waals surface area (Å²) in [6.07, 6.45) is -1.17. The van der Waals surface area contributed by atoms with Crippen LogP contribution in [0, 0.1) is 0 Å². The van der Waals surface area contributed by atoms with E-state index in [1.165, 1.54) is 23.5 Å². The van der Waals surface area contributed by atoms with Crippen molar-refractivity contribution in [3.05, 3.63) is 40.9 Å². The third kappa shape index (κ3) is 3.96. The van der Waals surface area contributed by atoms with Crippen LogP contribution in [0.4, 0.5) is 24.0 Å². The number of halogens is 3. The number of aromatic nitrogens is 1. The molecule has 0 aliphatic carbocycles. The fourth-order valence-corrected chi connectivity index (χ4v) is 2.47. The highest BCUT2D eigenvalue weighted by molar-refractivity contribution is 7.13. The Morgan fingerprint density at radius 3 is 2.50 bits per heavy atom. The minimum absolute atomic E-state index is 0.606. The molecule has 1 heterocycles. The van der Waals surface area contributed by atoms with Gasteiger partial charge in [0, 0.05) is 11.1 Å². The number of alkyl halides is 3. The lowest BCUT2D eigenvalue weighted by atomic mass is 10.2. The van der Waals surface area contributed by atoms with E-state index in [2.05, 4.69) is 17.2 Å². The second-order valence-corrected chi connectivity index (χ2v) is 5.31. The molecule has 6 heteroatoms. The van der Waals surface area contributed by atoms with Crippen LogP contribution >= 0.6 is 11.3 Å². The Morgan fingerprint density at radius 2 is 1.90 bits per heavy atom. The first-order valence-electron chi connectivity index (χ1n) is 6.37. The standard InChI is InChI=1S/C14H15F3N2S/c1-2-3-4-12-9-20-13(19-12)18-11-7-5-10(6-8-11)14(15,16)17/h5-9H,2-4H2,1H3,(H,18,19). The molecule has 0 bridgehead atoms. The molecule has 1 aromatic carbocycles. The van der Waals surface area contributed by atoms with E-state index in [0.29, 0.717) is 10.8 Å². The lowest BCUT2D eigenvalue weighted by Gasteiger charge is -2.07. The van der Waals surface area contributed by atoms with Crippen molar-refractivity contribution in [2.75, 3.05) is 5.32 Å². The van der Waals surface area contributed by atoms with Crippen LogP contribution in [0.3, 0.4) is 0 Å². The number of hydrogen-bond donors (Lipinski definition) is 1. The first-order valence-corrected chi connectivity index (χ1v) is 7.25. The summed E-state index contributed by atoms with van der Waals surface area (Å²) in [7, 11) is 0. The minimum atomic E-state index is -4.30. The van der Waals surface area contributed by atoms with Gasteiger partial charge in [0.15, 0.2) is 5.13 Å². The van der Waals surface area contributed by atoms with Gasteiger partial charge in [0.05, 0.1) is 11.3 Å². The van der Waals surface area contributed by atoms with E-state index in [1.54, 1.807) is 0 Å². The predicted octanol–water partition coefficient (Wildman–Crippen LogP) is 5.25. The average molecular weight is 300 g/mol. The lowest BCUT2D eigenvalue weighted by molar-refractivity contribution is -0.137. The van der Waals surface area contributed by atoms with Crippen molar-refractivity contribution in [3.8, 4) is 0 Å². The van der Waals surface area contributed by atoms with E-state index < -0.39 is 11.7 Å². The van der Waals surface area contributed by atoms with E-state index in [4.69, 9.17) is 0 Å². The molecule has 0 atom stereocenters. The summed E-state index contributed by atoms with van der Waals surface area (Å²) >= 11 is 1.46. The molecule has 0 saturated heterocycles. The highest BCUT2D eigenvalue weighted by Crippen LogP contribution is 2.30. The van der Waals surface area contributed by atoms with Crippen molar-refractivity contribution in [2.45, 2.75) is 32.4 Å². The quantitative estimate of drug-likeness (QED) is 0.816. The monoisotopic (exact) mass is 300 g/mol. The van der Waals surface area contributed by atoms with Crippen LogP contribution in [0.15, 0.2) is 29.6 Å². The normalized spacial score (nSPS) is 11.6. The molecule has 2 aromatic rings. The third-order valence-electron chi connectivity index (χ3n) is 2.80. The predicted molar refractivity (Wildman–Crippen MR) is 75.5 cm³/mol. The van der Waals surface area contributed by atoms with Gasteiger partial charge in [-0.2, -0.15) is 13.2 Å². The summed E-state index contributed by atoms with van der Waals surface area (Å²) in [5, 5.41) is 5.70. The molecule has 0 saturated carbocycles. The molecule has 0 unspecified atom stereocenters. The fraction of sp³-hybridized carbons (Fsp3) is 0.357. The van der Waals surface area contributed by atoms with Crippen molar-refractivity contribution in [2.24, 2.45) is 0 Å². The second-order valence-electron chi connectivity index (χ2n) is 4.45. The molecule has 108 valence electrons. The van der Waals surface area contributed by atoms with Gasteiger partial charge >= 0.3 is 6.18 Å². The van der Waals surface area contributed by atoms with Gasteiger partial charge in [-0.05, 0) is 37.1 Å². The summed E-state index contributed by atoms with van der Waals surface area (Å²) in [5.41, 5.74) is 0.978. The molecular formula is C14H15F3N2S. The number of anilines is 2. The molecule has 0 spiro atoms. The van der Waals surface area contributed by atoms with Crippen LogP contribution in [0.2, 0.25) is 0 Å². The smallest absolute Gasteiger partial charge is 0.332 e. The number of benzene rings is 1. The van der Waals surface area contributed by atoms with Crippen LogP contribution in [-0.4, -0.2) is 4.98 Å².